The van der Waals surface area contributed by atoms with Crippen molar-refractivity contribution in [1.29, 1.82) is 0 Å². The van der Waals surface area contributed by atoms with E-state index in [1.807, 2.05) is 12.3 Å². The number of nitrogens with zero attached hydrogens (tertiary/aromatic N) is 1. The molecule has 1 unspecified atom stereocenters. The molecule has 138 valence electrons. The van der Waals surface area contributed by atoms with Crippen LogP contribution in [-0.2, 0) is 24.2 Å². The zero-order valence-corrected chi connectivity index (χ0v) is 15.9. The van der Waals surface area contributed by atoms with Crippen LogP contribution in [0, 0.1) is 0 Å². The molecule has 1 heterocycles. The summed E-state index contributed by atoms with van der Waals surface area (Å²) in [6.07, 6.45) is 2.26. The lowest BCUT2D eigenvalue weighted by atomic mass is 10.2. The lowest BCUT2D eigenvalue weighted by Crippen LogP contribution is -2.47. The molecule has 1 aliphatic rings. The fraction of sp³-hybridized carbons (Fsp3) is 0.500. The molecule has 1 fully saturated rings. The normalized spacial score (nSPS) is 18.7. The summed E-state index contributed by atoms with van der Waals surface area (Å²) >= 11 is 1.53. The highest BCUT2D eigenvalue weighted by Gasteiger charge is 2.36. The predicted molar refractivity (Wildman–Crippen MR) is 97.5 cm³/mol. The molecule has 25 heavy (non-hydrogen) atoms. The topological polar surface area (TPSA) is 92.8 Å². The van der Waals surface area contributed by atoms with E-state index in [-0.39, 0.29) is 24.7 Å². The highest BCUT2D eigenvalue weighted by atomic mass is 32.2. The lowest BCUT2D eigenvalue weighted by Gasteiger charge is -2.27. The Morgan fingerprint density at radius 1 is 1.40 bits per heavy atom. The maximum absolute atomic E-state index is 12.6. The molecule has 0 radical (unpaired) electrons. The molecule has 1 saturated heterocycles. The third-order valence-corrected chi connectivity index (χ3v) is 6.44. The van der Waals surface area contributed by atoms with Gasteiger partial charge in [-0.2, -0.15) is 0 Å². The van der Waals surface area contributed by atoms with Crippen LogP contribution in [0.4, 0.5) is 5.69 Å². The maximum atomic E-state index is 12.6. The van der Waals surface area contributed by atoms with Crippen LogP contribution in [0.5, 0.6) is 0 Å². The number of benzene rings is 1. The van der Waals surface area contributed by atoms with E-state index in [4.69, 9.17) is 4.74 Å². The Morgan fingerprint density at radius 2 is 2.16 bits per heavy atom. The zero-order chi connectivity index (χ0) is 18.4. The molecule has 0 saturated carbocycles. The van der Waals surface area contributed by atoms with Gasteiger partial charge in [0.1, 0.15) is 0 Å². The second kappa shape index (κ2) is 8.68. The van der Waals surface area contributed by atoms with Gasteiger partial charge in [0.05, 0.1) is 18.1 Å². The Hall–Kier alpha value is -1.58. The molecule has 0 bridgehead atoms. The van der Waals surface area contributed by atoms with Gasteiger partial charge in [-0.05, 0) is 30.9 Å². The fourth-order valence-corrected chi connectivity index (χ4v) is 4.87. The van der Waals surface area contributed by atoms with Gasteiger partial charge in [0.15, 0.2) is 9.84 Å². The molecule has 0 aliphatic carbocycles. The van der Waals surface area contributed by atoms with Crippen molar-refractivity contribution in [1.82, 2.24) is 4.90 Å². The van der Waals surface area contributed by atoms with E-state index in [1.54, 1.807) is 18.2 Å². The molecule has 1 atom stereocenters. The van der Waals surface area contributed by atoms with Crippen LogP contribution >= 0.6 is 11.8 Å². The number of carbonyl (C=O) groups excluding carboxylic acids is 2. The van der Waals surface area contributed by atoms with Crippen LogP contribution in [-0.4, -0.2) is 69.2 Å². The molecular formula is C16H22N2O5S2. The highest BCUT2D eigenvalue weighted by Crippen LogP contribution is 2.20. The van der Waals surface area contributed by atoms with Gasteiger partial charge in [-0.1, -0.05) is 6.07 Å². The average molecular weight is 386 g/mol. The van der Waals surface area contributed by atoms with Gasteiger partial charge < -0.3 is 15.0 Å². The highest BCUT2D eigenvalue weighted by molar-refractivity contribution is 7.98. The Kier molecular flexibility index (Phi) is 6.86. The van der Waals surface area contributed by atoms with Crippen LogP contribution in [0.25, 0.3) is 0 Å². The van der Waals surface area contributed by atoms with Gasteiger partial charge >= 0.3 is 11.8 Å². The van der Waals surface area contributed by atoms with Crippen molar-refractivity contribution in [3.63, 3.8) is 0 Å². The molecule has 1 N–H and O–H groups in total. The summed E-state index contributed by atoms with van der Waals surface area (Å²) in [6, 6.07) is 6.67. The Morgan fingerprint density at radius 3 is 2.76 bits per heavy atom. The second-order valence-corrected chi connectivity index (χ2v) is 8.84. The van der Waals surface area contributed by atoms with E-state index in [9.17, 15) is 18.0 Å². The first kappa shape index (κ1) is 19.7. The van der Waals surface area contributed by atoms with Crippen molar-refractivity contribution in [3.8, 4) is 0 Å². The summed E-state index contributed by atoms with van der Waals surface area (Å²) in [5.74, 6) is -1.60. The van der Waals surface area contributed by atoms with Gasteiger partial charge in [0.2, 0.25) is 0 Å². The van der Waals surface area contributed by atoms with E-state index < -0.39 is 27.7 Å². The van der Waals surface area contributed by atoms with E-state index in [0.717, 1.165) is 4.90 Å². The van der Waals surface area contributed by atoms with Crippen molar-refractivity contribution in [3.05, 3.63) is 24.3 Å². The molecule has 7 nitrogen and oxygen atoms in total. The minimum Gasteiger partial charge on any atom is -0.383 e. The van der Waals surface area contributed by atoms with Crippen LogP contribution in [0.3, 0.4) is 0 Å². The van der Waals surface area contributed by atoms with Crippen LogP contribution in [0.15, 0.2) is 29.2 Å². The van der Waals surface area contributed by atoms with Gasteiger partial charge in [-0.25, -0.2) is 8.42 Å². The van der Waals surface area contributed by atoms with E-state index in [1.165, 1.54) is 23.8 Å². The third-order valence-electron chi connectivity index (χ3n) is 3.97. The molecule has 9 heteroatoms. The fourth-order valence-electron chi connectivity index (χ4n) is 2.68. The van der Waals surface area contributed by atoms with Gasteiger partial charge in [-0.3, -0.25) is 9.59 Å². The van der Waals surface area contributed by atoms with Crippen molar-refractivity contribution < 1.29 is 22.7 Å². The first-order valence-electron chi connectivity index (χ1n) is 7.81. The summed E-state index contributed by atoms with van der Waals surface area (Å²) in [5, 5.41) is 2.58. The summed E-state index contributed by atoms with van der Waals surface area (Å²) in [6.45, 7) is 0.408. The van der Waals surface area contributed by atoms with Crippen molar-refractivity contribution in [2.75, 3.05) is 43.3 Å². The number of hydrogen-bond donors (Lipinski definition) is 1. The molecule has 2 rings (SSSR count). The van der Waals surface area contributed by atoms with Crippen molar-refractivity contribution in [2.45, 2.75) is 17.4 Å². The van der Waals surface area contributed by atoms with E-state index >= 15 is 0 Å². The van der Waals surface area contributed by atoms with Gasteiger partial charge in [-0.15, -0.1) is 11.8 Å². The molecule has 1 aromatic rings. The lowest BCUT2D eigenvalue weighted by molar-refractivity contribution is -0.144. The smallest absolute Gasteiger partial charge is 0.313 e. The number of anilines is 1. The molecule has 2 amide bonds. The molecule has 1 aromatic carbocycles. The summed E-state index contributed by atoms with van der Waals surface area (Å²) in [4.78, 5) is 27.2. The summed E-state index contributed by atoms with van der Waals surface area (Å²) < 4.78 is 28.4. The summed E-state index contributed by atoms with van der Waals surface area (Å²) in [5.41, 5.74) is 0.524. The minimum absolute atomic E-state index is 0.0335. The number of amides is 2. The Labute approximate surface area is 152 Å². The quantitative estimate of drug-likeness (QED) is 0.579. The Balaban J connectivity index is 2.10. The Bertz CT molecular complexity index is 736. The van der Waals surface area contributed by atoms with Gasteiger partial charge in [0, 0.05) is 30.3 Å². The van der Waals surface area contributed by atoms with Crippen LogP contribution in [0.2, 0.25) is 0 Å². The predicted octanol–water partition coefficient (Wildman–Crippen LogP) is 1.01. The first-order valence-corrected chi connectivity index (χ1v) is 10.9. The number of ether oxygens (including phenoxy) is 1. The molecule has 1 aliphatic heterocycles. The number of rotatable bonds is 6. The number of nitrogens with one attached hydrogen (secondary N) is 1. The van der Waals surface area contributed by atoms with Crippen molar-refractivity contribution in [2.24, 2.45) is 0 Å². The number of thioether (sulfide) groups is 1. The monoisotopic (exact) mass is 386 g/mol. The van der Waals surface area contributed by atoms with Crippen molar-refractivity contribution >= 4 is 39.1 Å². The molecular weight excluding hydrogens is 364 g/mol. The first-order chi connectivity index (χ1) is 11.9. The number of hydrogen-bond acceptors (Lipinski definition) is 6. The minimum atomic E-state index is -3.16. The van der Waals surface area contributed by atoms with E-state index in [0.29, 0.717) is 12.1 Å². The largest absolute Gasteiger partial charge is 0.383 e. The summed E-state index contributed by atoms with van der Waals surface area (Å²) in [7, 11) is -1.67. The average Bonchev–Trinajstić information content (AvgIpc) is 2.94. The van der Waals surface area contributed by atoms with Crippen LogP contribution in [0.1, 0.15) is 6.42 Å². The third kappa shape index (κ3) is 5.45. The maximum Gasteiger partial charge on any atom is 0.313 e. The number of carbonyl (C=O) groups is 2. The second-order valence-electron chi connectivity index (χ2n) is 5.73. The van der Waals surface area contributed by atoms with Crippen LogP contribution < -0.4 is 5.32 Å². The number of methoxy groups -OCH3 is 1. The molecule has 0 aromatic heterocycles. The number of sulfone groups is 1. The SMILES string of the molecule is COCCN(C(=O)C(=O)Nc1cccc(SC)c1)C1CCS(=O)(=O)C1. The standard InChI is InChI=1S/C16H22N2O5S2/c1-23-8-7-18(13-6-9-25(21,22)11-13)16(20)15(19)17-12-4-3-5-14(10-12)24-2/h3-5,10,13H,6-9,11H2,1-2H3,(H,17,19). The molecule has 0 spiro atoms. The zero-order valence-electron chi connectivity index (χ0n) is 14.2. The van der Waals surface area contributed by atoms with E-state index in [2.05, 4.69) is 5.32 Å². The van der Waals surface area contributed by atoms with Gasteiger partial charge in [0.25, 0.3) is 0 Å².